The topological polar surface area (TPSA) is 58.2 Å². The summed E-state index contributed by atoms with van der Waals surface area (Å²) in [5.74, 6) is 0.163. The maximum atomic E-state index is 11.7. The van der Waals surface area contributed by atoms with Crippen LogP contribution in [-0.2, 0) is 16.4 Å². The maximum absolute atomic E-state index is 11.7. The van der Waals surface area contributed by atoms with Crippen molar-refractivity contribution in [2.45, 2.75) is 26.2 Å². The van der Waals surface area contributed by atoms with Gasteiger partial charge in [0.05, 0.1) is 17.1 Å². The van der Waals surface area contributed by atoms with E-state index in [9.17, 15) is 8.42 Å². The second-order valence-corrected chi connectivity index (χ2v) is 6.13. The standard InChI is InChI=1S/C12H18N2O2S/c1-2-9-17(15,16)14-11-7-3-5-10-6-4-8-13-12(10)11/h3,5,7,13-14H,2,4,6,8-9H2,1H3. The van der Waals surface area contributed by atoms with Crippen molar-refractivity contribution in [2.75, 3.05) is 22.3 Å². The summed E-state index contributed by atoms with van der Waals surface area (Å²) in [4.78, 5) is 0. The first kappa shape index (κ1) is 12.2. The van der Waals surface area contributed by atoms with E-state index >= 15 is 0 Å². The van der Waals surface area contributed by atoms with Crippen molar-refractivity contribution in [2.24, 2.45) is 0 Å². The lowest BCUT2D eigenvalue weighted by Crippen LogP contribution is -2.19. The average molecular weight is 254 g/mol. The van der Waals surface area contributed by atoms with Crippen molar-refractivity contribution in [3.05, 3.63) is 23.8 Å². The lowest BCUT2D eigenvalue weighted by Gasteiger charge is -2.21. The normalized spacial score (nSPS) is 14.9. The Morgan fingerprint density at radius 2 is 2.24 bits per heavy atom. The van der Waals surface area contributed by atoms with Crippen LogP contribution in [0, 0.1) is 0 Å². The molecule has 0 saturated carbocycles. The third-order valence-electron chi connectivity index (χ3n) is 2.81. The largest absolute Gasteiger partial charge is 0.383 e. The molecule has 2 N–H and O–H groups in total. The molecular formula is C12H18N2O2S. The molecule has 0 radical (unpaired) electrons. The summed E-state index contributed by atoms with van der Waals surface area (Å²) in [6, 6.07) is 5.75. The molecule has 0 aliphatic carbocycles. The first-order valence-corrected chi connectivity index (χ1v) is 7.64. The van der Waals surface area contributed by atoms with Gasteiger partial charge in [-0.3, -0.25) is 4.72 Å². The van der Waals surface area contributed by atoms with E-state index in [0.29, 0.717) is 12.1 Å². The minimum absolute atomic E-state index is 0.163. The molecule has 1 aromatic rings. The Balaban J connectivity index is 2.27. The summed E-state index contributed by atoms with van der Waals surface area (Å²) in [5, 5.41) is 3.27. The van der Waals surface area contributed by atoms with Gasteiger partial charge in [0.1, 0.15) is 0 Å². The summed E-state index contributed by atoms with van der Waals surface area (Å²) in [7, 11) is -3.21. The average Bonchev–Trinajstić information content (AvgIpc) is 2.29. The third kappa shape index (κ3) is 2.91. The van der Waals surface area contributed by atoms with Crippen LogP contribution < -0.4 is 10.0 Å². The Bertz CT molecular complexity index is 497. The van der Waals surface area contributed by atoms with E-state index in [1.165, 1.54) is 5.56 Å². The number of hydrogen-bond acceptors (Lipinski definition) is 3. The van der Waals surface area contributed by atoms with Crippen LogP contribution in [0.1, 0.15) is 25.3 Å². The molecule has 1 aliphatic heterocycles. The fraction of sp³-hybridized carbons (Fsp3) is 0.500. The number of rotatable bonds is 4. The van der Waals surface area contributed by atoms with Crippen LogP contribution in [0.2, 0.25) is 0 Å². The number of para-hydroxylation sites is 1. The molecule has 4 nitrogen and oxygen atoms in total. The van der Waals surface area contributed by atoms with E-state index in [-0.39, 0.29) is 5.75 Å². The number of nitrogens with one attached hydrogen (secondary N) is 2. The molecule has 0 saturated heterocycles. The van der Waals surface area contributed by atoms with Crippen LogP contribution in [0.4, 0.5) is 11.4 Å². The summed E-state index contributed by atoms with van der Waals surface area (Å²) in [6.45, 7) is 2.76. The molecule has 5 heteroatoms. The zero-order valence-corrected chi connectivity index (χ0v) is 10.8. The van der Waals surface area contributed by atoms with E-state index in [4.69, 9.17) is 0 Å². The molecule has 0 unspecified atom stereocenters. The lowest BCUT2D eigenvalue weighted by molar-refractivity contribution is 0.600. The van der Waals surface area contributed by atoms with Crippen molar-refractivity contribution in [3.8, 4) is 0 Å². The van der Waals surface area contributed by atoms with Crippen molar-refractivity contribution in [1.29, 1.82) is 0 Å². The minimum Gasteiger partial charge on any atom is -0.383 e. The summed E-state index contributed by atoms with van der Waals surface area (Å²) < 4.78 is 26.2. The van der Waals surface area contributed by atoms with Crippen LogP contribution in [-0.4, -0.2) is 20.7 Å². The van der Waals surface area contributed by atoms with Crippen LogP contribution in [0.15, 0.2) is 18.2 Å². The van der Waals surface area contributed by atoms with Gasteiger partial charge in [-0.2, -0.15) is 0 Å². The van der Waals surface area contributed by atoms with Crippen molar-refractivity contribution in [1.82, 2.24) is 0 Å². The molecule has 94 valence electrons. The van der Waals surface area contributed by atoms with Gasteiger partial charge in [-0.05, 0) is 30.9 Å². The first-order valence-electron chi connectivity index (χ1n) is 5.98. The molecule has 0 fully saturated rings. The first-order chi connectivity index (χ1) is 8.12. The molecule has 0 aromatic heterocycles. The SMILES string of the molecule is CCCS(=O)(=O)Nc1cccc2c1NCCC2. The second kappa shape index (κ2) is 4.96. The predicted octanol–water partition coefficient (Wildman–Crippen LogP) is 2.20. The third-order valence-corrected chi connectivity index (χ3v) is 4.29. The number of sulfonamides is 1. The molecule has 1 aliphatic rings. The van der Waals surface area contributed by atoms with Crippen molar-refractivity contribution in [3.63, 3.8) is 0 Å². The monoisotopic (exact) mass is 254 g/mol. The zero-order valence-electron chi connectivity index (χ0n) is 9.99. The fourth-order valence-electron chi connectivity index (χ4n) is 2.08. The van der Waals surface area contributed by atoms with Crippen LogP contribution in [0.3, 0.4) is 0 Å². The van der Waals surface area contributed by atoms with Gasteiger partial charge in [-0.15, -0.1) is 0 Å². The van der Waals surface area contributed by atoms with Gasteiger partial charge >= 0.3 is 0 Å². The second-order valence-electron chi connectivity index (χ2n) is 4.29. The Morgan fingerprint density at radius 1 is 1.41 bits per heavy atom. The number of hydrogen-bond donors (Lipinski definition) is 2. The molecule has 0 bridgehead atoms. The Morgan fingerprint density at radius 3 is 3.00 bits per heavy atom. The van der Waals surface area contributed by atoms with Gasteiger partial charge in [-0.25, -0.2) is 8.42 Å². The van der Waals surface area contributed by atoms with E-state index in [2.05, 4.69) is 10.0 Å². The van der Waals surface area contributed by atoms with Crippen LogP contribution in [0.5, 0.6) is 0 Å². The van der Waals surface area contributed by atoms with Crippen molar-refractivity contribution >= 4 is 21.4 Å². The zero-order chi connectivity index (χ0) is 12.3. The van der Waals surface area contributed by atoms with Gasteiger partial charge in [0.25, 0.3) is 0 Å². The Kier molecular flexibility index (Phi) is 3.57. The highest BCUT2D eigenvalue weighted by atomic mass is 32.2. The van der Waals surface area contributed by atoms with E-state index < -0.39 is 10.0 Å². The van der Waals surface area contributed by atoms with Gasteiger partial charge < -0.3 is 5.32 Å². The quantitative estimate of drug-likeness (QED) is 0.866. The van der Waals surface area contributed by atoms with Crippen LogP contribution in [0.25, 0.3) is 0 Å². The summed E-state index contributed by atoms with van der Waals surface area (Å²) >= 11 is 0. The van der Waals surface area contributed by atoms with Gasteiger partial charge in [-0.1, -0.05) is 19.1 Å². The molecule has 1 heterocycles. The molecule has 1 aromatic carbocycles. The number of anilines is 2. The fourth-order valence-corrected chi connectivity index (χ4v) is 3.23. The Labute approximate surface area is 102 Å². The number of fused-ring (bicyclic) bond motifs is 1. The van der Waals surface area contributed by atoms with Gasteiger partial charge in [0.15, 0.2) is 0 Å². The maximum Gasteiger partial charge on any atom is 0.232 e. The highest BCUT2D eigenvalue weighted by molar-refractivity contribution is 7.92. The molecule has 17 heavy (non-hydrogen) atoms. The molecule has 0 spiro atoms. The highest BCUT2D eigenvalue weighted by Gasteiger charge is 2.16. The van der Waals surface area contributed by atoms with E-state index in [1.807, 2.05) is 25.1 Å². The lowest BCUT2D eigenvalue weighted by atomic mass is 10.0. The van der Waals surface area contributed by atoms with Gasteiger partial charge in [0.2, 0.25) is 10.0 Å². The summed E-state index contributed by atoms with van der Waals surface area (Å²) in [6.07, 6.45) is 2.72. The molecular weight excluding hydrogens is 236 g/mol. The number of aryl methyl sites for hydroxylation is 1. The van der Waals surface area contributed by atoms with E-state index in [0.717, 1.165) is 25.1 Å². The summed E-state index contributed by atoms with van der Waals surface area (Å²) in [5.41, 5.74) is 2.81. The predicted molar refractivity (Wildman–Crippen MR) is 71.0 cm³/mol. The van der Waals surface area contributed by atoms with Gasteiger partial charge in [0, 0.05) is 6.54 Å². The molecule has 0 amide bonds. The highest BCUT2D eigenvalue weighted by Crippen LogP contribution is 2.30. The molecule has 2 rings (SSSR count). The number of benzene rings is 1. The smallest absolute Gasteiger partial charge is 0.232 e. The minimum atomic E-state index is -3.21. The Hall–Kier alpha value is -1.23. The van der Waals surface area contributed by atoms with E-state index in [1.54, 1.807) is 0 Å². The molecule has 0 atom stereocenters. The van der Waals surface area contributed by atoms with Crippen molar-refractivity contribution < 1.29 is 8.42 Å². The van der Waals surface area contributed by atoms with Crippen LogP contribution >= 0.6 is 0 Å².